The van der Waals surface area contributed by atoms with E-state index in [0.29, 0.717) is 16.8 Å². The minimum atomic E-state index is -4.06. The fourth-order valence-electron chi connectivity index (χ4n) is 3.12. The number of aryl methyl sites for hydroxylation is 1. The minimum Gasteiger partial charge on any atom is -0.444 e. The second kappa shape index (κ2) is 15.7. The smallest absolute Gasteiger partial charge is 0.444 e. The van der Waals surface area contributed by atoms with Crippen molar-refractivity contribution in [3.63, 3.8) is 0 Å². The Kier molecular flexibility index (Phi) is 13.6. The van der Waals surface area contributed by atoms with E-state index < -0.39 is 30.1 Å². The Hall–Kier alpha value is -1.91. The molecule has 11 nitrogen and oxygen atoms in total. The van der Waals surface area contributed by atoms with Gasteiger partial charge in [-0.25, -0.2) is 14.3 Å². The van der Waals surface area contributed by atoms with Crippen LogP contribution >= 0.6 is 43.2 Å². The molecule has 0 unspecified atom stereocenters. The number of hydrogen-bond acceptors (Lipinski definition) is 9. The fraction of sp³-hybridized carbons (Fsp3) is 0.480. The molecular weight excluding hydrogens is 656 g/mol. The SMILES string of the molecule is Cc1ccnc(NNC(N)=S)c1NC(=O)OCc1cc(Cl)c(Cl)cc1OP(=O)(OCC[Si](C)(C)C)OCC[Si](C)(C)C. The molecule has 0 aliphatic heterocycles. The number of rotatable bonds is 15. The molecule has 0 fully saturated rings. The number of hydrazine groups is 1. The Labute approximate surface area is 265 Å². The molecule has 2 rings (SSSR count). The summed E-state index contributed by atoms with van der Waals surface area (Å²) in [5.41, 5.74) is 12.1. The maximum Gasteiger partial charge on any atom is 0.530 e. The zero-order valence-electron chi connectivity index (χ0n) is 24.9. The molecule has 5 N–H and O–H groups in total. The number of ether oxygens (including phenoxy) is 1. The maximum absolute atomic E-state index is 13.8. The summed E-state index contributed by atoms with van der Waals surface area (Å²) in [5.74, 6) is 0.326. The van der Waals surface area contributed by atoms with E-state index in [4.69, 9.17) is 59.5 Å². The second-order valence-corrected chi connectivity index (χ2v) is 26.0. The van der Waals surface area contributed by atoms with Crippen LogP contribution in [-0.4, -0.2) is 45.6 Å². The van der Waals surface area contributed by atoms with Gasteiger partial charge in [0, 0.05) is 34.0 Å². The quantitative estimate of drug-likeness (QED) is 0.0626. The standard InChI is InChI=1S/C25H40Cl2N5O6PSSi2/c1-17-8-9-29-23(31-32-24(28)40)22(17)30-25(33)35-16-18-14-19(26)20(27)15-21(18)38-39(34,36-10-12-41(2,3)4)37-11-13-42(5,6)7/h8-9,14-15H,10-13,16H2,1-7H3,(H,29,31)(H,30,33)(H3,28,32,40). The van der Waals surface area contributed by atoms with E-state index in [1.807, 2.05) is 0 Å². The van der Waals surface area contributed by atoms with Crippen LogP contribution in [0.2, 0.25) is 61.4 Å². The lowest BCUT2D eigenvalue weighted by Crippen LogP contribution is -2.34. The lowest BCUT2D eigenvalue weighted by molar-refractivity contribution is 0.151. The van der Waals surface area contributed by atoms with Crippen molar-refractivity contribution in [3.05, 3.63) is 45.6 Å². The molecular formula is C25H40Cl2N5O6PSSi2. The van der Waals surface area contributed by atoms with E-state index in [9.17, 15) is 9.36 Å². The van der Waals surface area contributed by atoms with Crippen LogP contribution in [0.4, 0.5) is 16.3 Å². The van der Waals surface area contributed by atoms with Crippen molar-refractivity contribution < 1.29 is 27.7 Å². The number of phosphoric ester groups is 1. The van der Waals surface area contributed by atoms with Gasteiger partial charge in [0.25, 0.3) is 0 Å². The van der Waals surface area contributed by atoms with Crippen LogP contribution in [0, 0.1) is 6.92 Å². The highest BCUT2D eigenvalue weighted by molar-refractivity contribution is 7.80. The molecule has 0 atom stereocenters. The molecule has 1 aromatic carbocycles. The highest BCUT2D eigenvalue weighted by Crippen LogP contribution is 2.51. The molecule has 0 bridgehead atoms. The van der Waals surface area contributed by atoms with Gasteiger partial charge >= 0.3 is 13.9 Å². The Balaban J connectivity index is 2.24. The van der Waals surface area contributed by atoms with Crippen molar-refractivity contribution in [3.8, 4) is 5.75 Å². The van der Waals surface area contributed by atoms with E-state index >= 15 is 0 Å². The summed E-state index contributed by atoms with van der Waals surface area (Å²) in [7, 11) is -7.05. The van der Waals surface area contributed by atoms with Crippen LogP contribution in [0.1, 0.15) is 11.1 Å². The lowest BCUT2D eigenvalue weighted by Gasteiger charge is -2.24. The van der Waals surface area contributed by atoms with Crippen molar-refractivity contribution in [2.45, 2.75) is 64.9 Å². The number of carbonyl (C=O) groups is 1. The molecule has 0 spiro atoms. The van der Waals surface area contributed by atoms with Gasteiger partial charge in [0.05, 0.1) is 28.9 Å². The van der Waals surface area contributed by atoms with Crippen molar-refractivity contribution >= 4 is 82.1 Å². The van der Waals surface area contributed by atoms with E-state index in [0.717, 1.165) is 12.1 Å². The first kappa shape index (κ1) is 36.3. The molecule has 0 saturated heterocycles. The van der Waals surface area contributed by atoms with Gasteiger partial charge in [-0.1, -0.05) is 62.5 Å². The minimum absolute atomic E-state index is 0.00908. The van der Waals surface area contributed by atoms with Crippen LogP contribution in [0.3, 0.4) is 0 Å². The summed E-state index contributed by atoms with van der Waals surface area (Å²) in [4.78, 5) is 17.0. The molecule has 17 heteroatoms. The Morgan fingerprint density at radius 2 is 1.62 bits per heavy atom. The first-order chi connectivity index (χ1) is 19.4. The normalized spacial score (nSPS) is 12.0. The highest BCUT2D eigenvalue weighted by Gasteiger charge is 2.32. The summed E-state index contributed by atoms with van der Waals surface area (Å²) in [6, 6.07) is 6.08. The number of pyridine rings is 1. The van der Waals surface area contributed by atoms with Gasteiger partial charge in [0.1, 0.15) is 12.4 Å². The van der Waals surface area contributed by atoms with Crippen LogP contribution in [0.5, 0.6) is 5.75 Å². The van der Waals surface area contributed by atoms with Crippen LogP contribution < -0.4 is 26.4 Å². The van der Waals surface area contributed by atoms with Gasteiger partial charge < -0.3 is 15.0 Å². The number of phosphoric acid groups is 1. The van der Waals surface area contributed by atoms with Crippen LogP contribution in [0.15, 0.2) is 24.4 Å². The van der Waals surface area contributed by atoms with Gasteiger partial charge in [0.15, 0.2) is 10.9 Å². The average molecular weight is 697 g/mol. The number of anilines is 2. The third kappa shape index (κ3) is 13.2. The monoisotopic (exact) mass is 695 g/mol. The van der Waals surface area contributed by atoms with Gasteiger partial charge in [0.2, 0.25) is 0 Å². The molecule has 0 aliphatic rings. The number of halogens is 2. The number of carbonyl (C=O) groups excluding carboxylic acids is 1. The topological polar surface area (TPSA) is 146 Å². The number of nitrogens with two attached hydrogens (primary N) is 1. The maximum atomic E-state index is 13.8. The summed E-state index contributed by atoms with van der Waals surface area (Å²) in [6.07, 6.45) is 0.743. The third-order valence-corrected chi connectivity index (χ3v) is 11.2. The highest BCUT2D eigenvalue weighted by atomic mass is 35.5. The van der Waals surface area contributed by atoms with Gasteiger partial charge in [-0.15, -0.1) is 0 Å². The number of nitrogens with one attached hydrogen (secondary N) is 3. The fourth-order valence-corrected chi connectivity index (χ4v) is 6.50. The second-order valence-electron chi connectivity index (χ2n) is 11.9. The van der Waals surface area contributed by atoms with Gasteiger partial charge in [-0.3, -0.25) is 25.2 Å². The van der Waals surface area contributed by atoms with Crippen molar-refractivity contribution in [2.24, 2.45) is 5.73 Å². The lowest BCUT2D eigenvalue weighted by atomic mass is 10.2. The van der Waals surface area contributed by atoms with Gasteiger partial charge in [-0.05, 0) is 48.9 Å². The Morgan fingerprint density at radius 3 is 2.17 bits per heavy atom. The summed E-state index contributed by atoms with van der Waals surface area (Å²) >= 11 is 17.3. The largest absolute Gasteiger partial charge is 0.530 e. The molecule has 1 aromatic heterocycles. The molecule has 1 heterocycles. The molecule has 2 aromatic rings. The molecule has 42 heavy (non-hydrogen) atoms. The molecule has 0 saturated carbocycles. The van der Waals surface area contributed by atoms with E-state index in [2.05, 4.69) is 60.4 Å². The molecule has 1 amide bonds. The number of benzene rings is 1. The van der Waals surface area contributed by atoms with E-state index in [1.165, 1.54) is 12.1 Å². The average Bonchev–Trinajstić information content (AvgIpc) is 2.84. The number of thiocarbonyl (C=S) groups is 1. The van der Waals surface area contributed by atoms with Crippen molar-refractivity contribution in [1.29, 1.82) is 0 Å². The van der Waals surface area contributed by atoms with Crippen LogP contribution in [-0.2, 0) is 25.0 Å². The predicted octanol–water partition coefficient (Wildman–Crippen LogP) is 7.80. The van der Waals surface area contributed by atoms with Crippen LogP contribution in [0.25, 0.3) is 0 Å². The Bertz CT molecular complexity index is 1290. The number of hydrogen-bond donors (Lipinski definition) is 4. The molecule has 0 radical (unpaired) electrons. The third-order valence-electron chi connectivity index (χ3n) is 5.57. The Morgan fingerprint density at radius 1 is 1.05 bits per heavy atom. The first-order valence-corrected chi connectivity index (χ1v) is 23.2. The zero-order chi connectivity index (χ0) is 31.7. The van der Waals surface area contributed by atoms with E-state index in [-0.39, 0.29) is 46.5 Å². The number of aromatic nitrogens is 1. The number of nitrogens with zero attached hydrogens (tertiary/aromatic N) is 1. The predicted molar refractivity (Wildman–Crippen MR) is 179 cm³/mol. The van der Waals surface area contributed by atoms with Crippen molar-refractivity contribution in [1.82, 2.24) is 10.4 Å². The summed E-state index contributed by atoms with van der Waals surface area (Å²) in [6.45, 7) is 15.0. The number of amides is 1. The molecule has 0 aliphatic carbocycles. The van der Waals surface area contributed by atoms with Crippen molar-refractivity contribution in [2.75, 3.05) is 24.0 Å². The zero-order valence-corrected chi connectivity index (χ0v) is 30.2. The first-order valence-electron chi connectivity index (χ1n) is 13.1. The van der Waals surface area contributed by atoms with E-state index in [1.54, 1.807) is 19.2 Å². The van der Waals surface area contributed by atoms with Gasteiger partial charge in [-0.2, -0.15) is 0 Å². The molecule has 234 valence electrons. The summed E-state index contributed by atoms with van der Waals surface area (Å²) in [5, 5.41) is 2.98. The summed E-state index contributed by atoms with van der Waals surface area (Å²) < 4.78 is 36.6.